The second-order valence-electron chi connectivity index (χ2n) is 14.2. The number of benzene rings is 2. The van der Waals surface area contributed by atoms with Gasteiger partial charge in [0.05, 0.1) is 42.5 Å². The molecule has 300 valence electrons. The minimum atomic E-state index is -1.29. The molecular formula is C36H41ClN11O8S+. The Morgan fingerprint density at radius 3 is 2.51 bits per heavy atom. The summed E-state index contributed by atoms with van der Waals surface area (Å²) >= 11 is 7.58. The largest absolute Gasteiger partial charge is 0.504 e. The van der Waals surface area contributed by atoms with E-state index in [1.807, 2.05) is 0 Å². The van der Waals surface area contributed by atoms with Crippen LogP contribution in [-0.4, -0.2) is 155 Å². The smallest absolute Gasteiger partial charge is 0.325 e. The molecule has 3 fully saturated rings. The number of phenolic OH excluding ortho intramolecular Hbond substituents is 2. The number of piperazine rings is 1. The second kappa shape index (κ2) is 16.4. The van der Waals surface area contributed by atoms with Crippen molar-refractivity contribution in [1.82, 2.24) is 51.3 Å². The van der Waals surface area contributed by atoms with Crippen LogP contribution < -0.4 is 16.0 Å². The maximum atomic E-state index is 14.0. The lowest BCUT2D eigenvalue weighted by Crippen LogP contribution is -2.70. The number of hydrogen-bond acceptors (Lipinski definition) is 12. The lowest BCUT2D eigenvalue weighted by molar-refractivity contribution is -0.911. The standard InChI is InChI=1S/C36H40ClN11O8S/c1-2-45-13-14-46(34(55)33(45)54)36(56)40-25(20-8-4-3-5-9-20)31(52)39-26-32(53)47-27(29-41-43-44-42-29)21(19-57-35(26)47)18-48(15-6-7-16-48)17-12-38-30(51)22-10-11-23(49)28(50)24(22)37/h3-5,8-11,25-26,35H,2,6-7,12-19H2,1H3,(H5-,38,39,40,41,42,43,44,49,50,51,52,54,55,56)/p+1/t25-,26-,35-/m1/s1. The number of hydrogen-bond donors (Lipinski definition) is 6. The van der Waals surface area contributed by atoms with Gasteiger partial charge in [-0.1, -0.05) is 41.9 Å². The fourth-order valence-electron chi connectivity index (χ4n) is 7.75. The number of H-pyrrole nitrogens is 1. The number of amides is 7. The first kappa shape index (κ1) is 39.5. The number of tetrazole rings is 1. The molecule has 7 amide bonds. The number of aromatic nitrogens is 4. The molecule has 6 N–H and O–H groups in total. The Kier molecular flexibility index (Phi) is 11.4. The quantitative estimate of drug-likeness (QED) is 0.0636. The highest BCUT2D eigenvalue weighted by molar-refractivity contribution is 8.00. The first-order valence-corrected chi connectivity index (χ1v) is 19.9. The van der Waals surface area contributed by atoms with Crippen molar-refractivity contribution in [1.29, 1.82) is 0 Å². The van der Waals surface area contributed by atoms with E-state index >= 15 is 0 Å². The molecule has 1 aromatic heterocycles. The van der Waals surface area contributed by atoms with Crippen LogP contribution in [0.15, 0.2) is 48.0 Å². The van der Waals surface area contributed by atoms with Crippen LogP contribution in [0.2, 0.25) is 5.02 Å². The molecule has 7 rings (SSSR count). The summed E-state index contributed by atoms with van der Waals surface area (Å²) in [7, 11) is 0. The minimum Gasteiger partial charge on any atom is -0.504 e. The van der Waals surface area contributed by atoms with Crippen LogP contribution in [0.1, 0.15) is 47.6 Å². The van der Waals surface area contributed by atoms with Gasteiger partial charge in [-0.2, -0.15) is 0 Å². The highest BCUT2D eigenvalue weighted by Gasteiger charge is 2.55. The van der Waals surface area contributed by atoms with Crippen LogP contribution in [0.5, 0.6) is 11.5 Å². The van der Waals surface area contributed by atoms with Crippen LogP contribution >= 0.6 is 23.4 Å². The number of nitrogens with zero attached hydrogens (tertiary/aromatic N) is 7. The number of aromatic amines is 1. The molecule has 5 heterocycles. The van der Waals surface area contributed by atoms with Crippen molar-refractivity contribution < 1.29 is 43.5 Å². The fraction of sp³-hybridized carbons (Fsp3) is 0.417. The summed E-state index contributed by atoms with van der Waals surface area (Å²) in [4.78, 5) is 83.3. The zero-order chi connectivity index (χ0) is 40.4. The number of carbonyl (C=O) groups excluding carboxylic acids is 6. The summed E-state index contributed by atoms with van der Waals surface area (Å²) in [5.41, 5.74) is 1.86. The van der Waals surface area contributed by atoms with Crippen molar-refractivity contribution in [2.45, 2.75) is 37.2 Å². The first-order valence-electron chi connectivity index (χ1n) is 18.4. The molecule has 0 aliphatic carbocycles. The Morgan fingerprint density at radius 2 is 1.81 bits per heavy atom. The van der Waals surface area contributed by atoms with E-state index in [-0.39, 0.29) is 36.0 Å². The van der Waals surface area contributed by atoms with Crippen LogP contribution in [0.4, 0.5) is 4.79 Å². The molecule has 0 spiro atoms. The van der Waals surface area contributed by atoms with Gasteiger partial charge in [0.1, 0.15) is 24.0 Å². The predicted octanol–water partition coefficient (Wildman–Crippen LogP) is 0.558. The monoisotopic (exact) mass is 822 g/mol. The molecular weight excluding hydrogens is 782 g/mol. The molecule has 57 heavy (non-hydrogen) atoms. The van der Waals surface area contributed by atoms with Crippen molar-refractivity contribution in [3.05, 3.63) is 70.0 Å². The van der Waals surface area contributed by atoms with Crippen LogP contribution in [0.3, 0.4) is 0 Å². The number of aromatic hydroxyl groups is 2. The number of thioether (sulfide) groups is 1. The molecule has 4 aliphatic rings. The molecule has 21 heteroatoms. The van der Waals surface area contributed by atoms with Crippen molar-refractivity contribution in [2.24, 2.45) is 0 Å². The Bertz CT molecular complexity index is 2120. The van der Waals surface area contributed by atoms with Gasteiger partial charge in [-0.15, -0.1) is 16.9 Å². The van der Waals surface area contributed by atoms with Gasteiger partial charge in [-0.3, -0.25) is 33.8 Å². The average Bonchev–Trinajstić information content (AvgIpc) is 3.92. The summed E-state index contributed by atoms with van der Waals surface area (Å²) in [5, 5.41) is 41.7. The van der Waals surface area contributed by atoms with E-state index in [9.17, 15) is 39.0 Å². The highest BCUT2D eigenvalue weighted by atomic mass is 35.5. The average molecular weight is 823 g/mol. The van der Waals surface area contributed by atoms with Crippen LogP contribution in [-0.2, 0) is 19.2 Å². The lowest BCUT2D eigenvalue weighted by Gasteiger charge is -2.50. The number of phenols is 2. The molecule has 0 unspecified atom stereocenters. The predicted molar refractivity (Wildman–Crippen MR) is 204 cm³/mol. The Labute approximate surface area is 335 Å². The van der Waals surface area contributed by atoms with Crippen molar-refractivity contribution in [3.8, 4) is 11.5 Å². The number of carbonyl (C=O) groups is 6. The van der Waals surface area contributed by atoms with Gasteiger partial charge in [0, 0.05) is 43.8 Å². The first-order chi connectivity index (χ1) is 27.4. The number of imide groups is 1. The van der Waals surface area contributed by atoms with E-state index in [4.69, 9.17) is 11.6 Å². The summed E-state index contributed by atoms with van der Waals surface area (Å²) in [6, 6.07) is 7.76. The molecule has 0 radical (unpaired) electrons. The van der Waals surface area contributed by atoms with Gasteiger partial charge in [-0.05, 0) is 35.0 Å². The summed E-state index contributed by atoms with van der Waals surface area (Å²) < 4.78 is 0.614. The second-order valence-corrected chi connectivity index (χ2v) is 15.6. The van der Waals surface area contributed by atoms with Crippen molar-refractivity contribution in [3.63, 3.8) is 0 Å². The SMILES string of the molecule is CCN1CCN(C(=O)N[C@@H](C(=O)N[C@@H]2C(=O)N3C(c4nnn[nH]4)=C(C[N+]4(CCNC(=O)c5ccc(O)c(O)c5Cl)CCCC4)CS[C@H]23)c2ccccc2)C(=O)C1=O. The van der Waals surface area contributed by atoms with Gasteiger partial charge < -0.3 is 35.5 Å². The molecule has 0 saturated carbocycles. The lowest BCUT2D eigenvalue weighted by atomic mass is 10.00. The van der Waals surface area contributed by atoms with E-state index in [1.165, 1.54) is 28.8 Å². The number of rotatable bonds is 12. The normalized spacial score (nSPS) is 20.9. The highest BCUT2D eigenvalue weighted by Crippen LogP contribution is 2.44. The number of β-lactam (4-membered cyclic amide) rings is 1. The van der Waals surface area contributed by atoms with Crippen LogP contribution in [0, 0.1) is 0 Å². The van der Waals surface area contributed by atoms with Crippen LogP contribution in [0.25, 0.3) is 5.70 Å². The van der Waals surface area contributed by atoms with E-state index in [2.05, 4.69) is 36.6 Å². The third kappa shape index (κ3) is 7.71. The molecule has 3 aromatic rings. The van der Waals surface area contributed by atoms with Gasteiger partial charge in [0.25, 0.3) is 11.8 Å². The maximum absolute atomic E-state index is 14.0. The Hall–Kier alpha value is -5.73. The fourth-order valence-corrected chi connectivity index (χ4v) is 9.33. The number of halogens is 1. The zero-order valence-electron chi connectivity index (χ0n) is 30.8. The molecule has 3 atom stereocenters. The molecule has 19 nitrogen and oxygen atoms in total. The number of quaternary nitrogens is 1. The summed E-state index contributed by atoms with van der Waals surface area (Å²) in [5.74, 6) is -3.61. The van der Waals surface area contributed by atoms with E-state index in [0.29, 0.717) is 41.1 Å². The molecule has 4 aliphatic heterocycles. The Morgan fingerprint density at radius 1 is 1.05 bits per heavy atom. The molecule has 0 bridgehead atoms. The summed E-state index contributed by atoms with van der Waals surface area (Å²) in [6.45, 7) is 5.20. The van der Waals surface area contributed by atoms with E-state index in [0.717, 1.165) is 36.4 Å². The van der Waals surface area contributed by atoms with Gasteiger partial charge in [0.2, 0.25) is 5.91 Å². The molecule has 2 aromatic carbocycles. The van der Waals surface area contributed by atoms with Crippen molar-refractivity contribution >= 4 is 64.6 Å². The van der Waals surface area contributed by atoms with E-state index < -0.39 is 64.5 Å². The van der Waals surface area contributed by atoms with Gasteiger partial charge in [0.15, 0.2) is 17.3 Å². The maximum Gasteiger partial charge on any atom is 0.325 e. The van der Waals surface area contributed by atoms with Gasteiger partial charge >= 0.3 is 17.8 Å². The summed E-state index contributed by atoms with van der Waals surface area (Å²) in [6.07, 6.45) is 1.92. The number of likely N-dealkylation sites (N-methyl/N-ethyl adjacent to an activating group) is 1. The topological polar surface area (TPSA) is 243 Å². The minimum absolute atomic E-state index is 0.0324. The zero-order valence-corrected chi connectivity index (χ0v) is 32.4. The number of urea groups is 1. The van der Waals surface area contributed by atoms with Gasteiger partial charge in [-0.25, -0.2) is 9.89 Å². The van der Waals surface area contributed by atoms with Crippen molar-refractivity contribution in [2.75, 3.05) is 58.1 Å². The third-order valence-corrected chi connectivity index (χ3v) is 12.5. The molecule has 3 saturated heterocycles. The number of fused-ring (bicyclic) bond motifs is 1. The number of likely N-dealkylation sites (tertiary alicyclic amines) is 1. The Balaban J connectivity index is 1.06. The third-order valence-electron chi connectivity index (χ3n) is 10.8. The van der Waals surface area contributed by atoms with E-state index in [1.54, 1.807) is 42.2 Å². The number of nitrogens with one attached hydrogen (secondary N) is 4.